The van der Waals surface area contributed by atoms with Crippen LogP contribution in [0.2, 0.25) is 0 Å². The third-order valence-corrected chi connectivity index (χ3v) is 2.67. The summed E-state index contributed by atoms with van der Waals surface area (Å²) in [7, 11) is 0. The summed E-state index contributed by atoms with van der Waals surface area (Å²) >= 11 is 0. The molecule has 0 fully saturated rings. The largest absolute Gasteiger partial charge is 1.00 e. The topological polar surface area (TPSA) is 24.3 Å². The van der Waals surface area contributed by atoms with E-state index in [1.807, 2.05) is 28.8 Å². The molecule has 1 N–H and O–H groups in total. The van der Waals surface area contributed by atoms with Crippen molar-refractivity contribution in [2.45, 2.75) is 0 Å². The Morgan fingerprint density at radius 1 is 1.06 bits per heavy atom. The van der Waals surface area contributed by atoms with Gasteiger partial charge < -0.3 is 17.5 Å². The van der Waals surface area contributed by atoms with Crippen molar-refractivity contribution < 1.29 is 26.3 Å². The molecule has 4 heteroatoms. The highest BCUT2D eigenvalue weighted by Crippen LogP contribution is 2.23. The summed E-state index contributed by atoms with van der Waals surface area (Å²) in [4.78, 5) is 0. The van der Waals surface area contributed by atoms with Gasteiger partial charge in [-0.3, -0.25) is 0 Å². The SMILES string of the molecule is Oc1cc2cccc[n+]2c2cc(F)ccc12.[Cl-]. The van der Waals surface area contributed by atoms with E-state index >= 15 is 0 Å². The molecule has 86 valence electrons. The summed E-state index contributed by atoms with van der Waals surface area (Å²) in [5, 5.41) is 10.5. The van der Waals surface area contributed by atoms with Crippen LogP contribution in [-0.2, 0) is 0 Å². The van der Waals surface area contributed by atoms with Crippen molar-refractivity contribution in [3.8, 4) is 5.75 Å². The van der Waals surface area contributed by atoms with Crippen LogP contribution < -0.4 is 16.8 Å². The van der Waals surface area contributed by atoms with E-state index in [4.69, 9.17) is 0 Å². The van der Waals surface area contributed by atoms with Gasteiger partial charge in [0, 0.05) is 18.2 Å². The van der Waals surface area contributed by atoms with E-state index in [1.165, 1.54) is 12.1 Å². The summed E-state index contributed by atoms with van der Waals surface area (Å²) in [6.45, 7) is 0. The molecule has 0 aliphatic carbocycles. The van der Waals surface area contributed by atoms with Gasteiger partial charge >= 0.3 is 0 Å². The van der Waals surface area contributed by atoms with E-state index in [-0.39, 0.29) is 24.0 Å². The summed E-state index contributed by atoms with van der Waals surface area (Å²) < 4.78 is 15.0. The van der Waals surface area contributed by atoms with Gasteiger partial charge in [0.2, 0.25) is 11.0 Å². The van der Waals surface area contributed by atoms with Crippen molar-refractivity contribution in [2.24, 2.45) is 0 Å². The average molecular weight is 250 g/mol. The maximum absolute atomic E-state index is 13.2. The molecular weight excluding hydrogens is 241 g/mol. The molecule has 0 unspecified atom stereocenters. The monoisotopic (exact) mass is 249 g/mol. The van der Waals surface area contributed by atoms with E-state index in [9.17, 15) is 9.50 Å². The molecular formula is C13H9ClFNO. The van der Waals surface area contributed by atoms with Crippen LogP contribution in [0.5, 0.6) is 5.75 Å². The molecule has 0 saturated carbocycles. The van der Waals surface area contributed by atoms with E-state index in [1.54, 1.807) is 12.1 Å². The lowest BCUT2D eigenvalue weighted by molar-refractivity contribution is -0.481. The second-order valence-electron chi connectivity index (χ2n) is 3.69. The van der Waals surface area contributed by atoms with Crippen LogP contribution in [0.3, 0.4) is 0 Å². The van der Waals surface area contributed by atoms with Gasteiger partial charge in [-0.1, -0.05) is 0 Å². The van der Waals surface area contributed by atoms with E-state index in [0.717, 1.165) is 5.52 Å². The lowest BCUT2D eigenvalue weighted by Gasteiger charge is -1.99. The number of aromatic hydroxyl groups is 1. The molecule has 2 aromatic heterocycles. The highest BCUT2D eigenvalue weighted by molar-refractivity contribution is 5.84. The fourth-order valence-corrected chi connectivity index (χ4v) is 1.93. The van der Waals surface area contributed by atoms with Crippen molar-refractivity contribution in [1.29, 1.82) is 0 Å². The van der Waals surface area contributed by atoms with Crippen molar-refractivity contribution >= 4 is 16.4 Å². The van der Waals surface area contributed by atoms with Gasteiger partial charge in [0.05, 0.1) is 11.5 Å². The number of hydrogen-bond donors (Lipinski definition) is 1. The minimum Gasteiger partial charge on any atom is -1.00 e. The van der Waals surface area contributed by atoms with Crippen LogP contribution in [0.1, 0.15) is 0 Å². The molecule has 0 aliphatic heterocycles. The van der Waals surface area contributed by atoms with Gasteiger partial charge in [-0.05, 0) is 18.2 Å². The molecule has 3 rings (SSSR count). The summed E-state index contributed by atoms with van der Waals surface area (Å²) in [6.07, 6.45) is 1.84. The molecule has 0 spiro atoms. The Bertz CT molecular complexity index is 699. The van der Waals surface area contributed by atoms with E-state index in [0.29, 0.717) is 10.9 Å². The zero-order valence-corrected chi connectivity index (χ0v) is 9.53. The predicted octanol–water partition coefficient (Wildman–Crippen LogP) is -0.573. The highest BCUT2D eigenvalue weighted by atomic mass is 35.5. The zero-order valence-electron chi connectivity index (χ0n) is 8.77. The standard InChI is InChI=1S/C13H8FNO.ClH/c14-9-4-5-11-12(7-9)15-6-2-1-3-10(15)8-13(11)16;/h1-8H;1H. The molecule has 3 aromatic rings. The molecule has 17 heavy (non-hydrogen) atoms. The maximum atomic E-state index is 13.2. The van der Waals surface area contributed by atoms with Crippen LogP contribution >= 0.6 is 0 Å². The quantitative estimate of drug-likeness (QED) is 0.419. The van der Waals surface area contributed by atoms with Crippen LogP contribution in [0.15, 0.2) is 48.7 Å². The molecule has 2 nitrogen and oxygen atoms in total. The van der Waals surface area contributed by atoms with Gasteiger partial charge in [-0.15, -0.1) is 0 Å². The number of benzene rings is 1. The average Bonchev–Trinajstić information content (AvgIpc) is 2.29. The zero-order chi connectivity index (χ0) is 11.1. The number of hydrogen-bond acceptors (Lipinski definition) is 1. The number of nitrogens with zero attached hydrogens (tertiary/aromatic N) is 1. The summed E-state index contributed by atoms with van der Waals surface area (Å²) in [6, 6.07) is 11.6. The van der Waals surface area contributed by atoms with Gasteiger partial charge in [0.15, 0.2) is 6.20 Å². The Balaban J connectivity index is 0.00000108. The van der Waals surface area contributed by atoms with Crippen molar-refractivity contribution in [3.63, 3.8) is 0 Å². The number of pyridine rings is 2. The smallest absolute Gasteiger partial charge is 0.225 e. The Kier molecular flexibility index (Phi) is 2.86. The Morgan fingerprint density at radius 2 is 1.88 bits per heavy atom. The molecule has 0 saturated heterocycles. The Morgan fingerprint density at radius 3 is 2.71 bits per heavy atom. The molecule has 0 amide bonds. The maximum Gasteiger partial charge on any atom is 0.225 e. The minimum absolute atomic E-state index is 0. The molecule has 0 aliphatic rings. The first-order valence-electron chi connectivity index (χ1n) is 4.97. The van der Waals surface area contributed by atoms with Crippen LogP contribution in [-0.4, -0.2) is 5.11 Å². The number of halogens is 2. The van der Waals surface area contributed by atoms with Crippen LogP contribution in [0.25, 0.3) is 16.4 Å². The summed E-state index contributed by atoms with van der Waals surface area (Å²) in [5.41, 5.74) is 1.49. The van der Waals surface area contributed by atoms with Gasteiger partial charge in [-0.25, -0.2) is 4.39 Å². The third-order valence-electron chi connectivity index (χ3n) is 2.67. The fraction of sp³-hybridized carbons (Fsp3) is 0. The van der Waals surface area contributed by atoms with Gasteiger partial charge in [0.25, 0.3) is 0 Å². The number of aromatic nitrogens is 1. The lowest BCUT2D eigenvalue weighted by Crippen LogP contribution is -3.00. The first-order chi connectivity index (χ1) is 7.75. The van der Waals surface area contributed by atoms with Crippen molar-refractivity contribution in [1.82, 2.24) is 0 Å². The molecule has 0 bridgehead atoms. The van der Waals surface area contributed by atoms with Crippen LogP contribution in [0.4, 0.5) is 4.39 Å². The number of fused-ring (bicyclic) bond motifs is 3. The molecule has 2 heterocycles. The number of rotatable bonds is 0. The second kappa shape index (κ2) is 4.18. The van der Waals surface area contributed by atoms with E-state index < -0.39 is 0 Å². The van der Waals surface area contributed by atoms with Crippen LogP contribution in [0, 0.1) is 5.82 Å². The van der Waals surface area contributed by atoms with Crippen molar-refractivity contribution in [2.75, 3.05) is 0 Å². The lowest BCUT2D eigenvalue weighted by atomic mass is 10.1. The minimum atomic E-state index is -0.309. The van der Waals surface area contributed by atoms with Crippen molar-refractivity contribution in [3.05, 3.63) is 54.5 Å². The highest BCUT2D eigenvalue weighted by Gasteiger charge is 2.13. The predicted molar refractivity (Wildman–Crippen MR) is 58.7 cm³/mol. The van der Waals surface area contributed by atoms with Gasteiger partial charge in [-0.2, -0.15) is 4.40 Å². The van der Waals surface area contributed by atoms with E-state index in [2.05, 4.69) is 0 Å². The summed E-state index contributed by atoms with van der Waals surface area (Å²) in [5.74, 6) is -0.142. The Hall–Kier alpha value is -1.87. The molecule has 0 atom stereocenters. The second-order valence-corrected chi connectivity index (χ2v) is 3.69. The third kappa shape index (κ3) is 1.78. The normalized spacial score (nSPS) is 10.4. The first kappa shape index (κ1) is 11.6. The van der Waals surface area contributed by atoms with Gasteiger partial charge in [0.1, 0.15) is 11.6 Å². The first-order valence-corrected chi connectivity index (χ1v) is 4.97. The Labute approximate surface area is 103 Å². The molecule has 0 radical (unpaired) electrons. The molecule has 1 aromatic carbocycles. The fourth-order valence-electron chi connectivity index (χ4n) is 1.93.